The maximum absolute atomic E-state index is 7.48. The van der Waals surface area contributed by atoms with Gasteiger partial charge in [0.1, 0.15) is 0 Å². The minimum Gasteiger partial charge on any atom is -0.387 e. The molecule has 0 saturated carbocycles. The van der Waals surface area contributed by atoms with Crippen molar-refractivity contribution in [1.29, 1.82) is 5.41 Å². The van der Waals surface area contributed by atoms with Gasteiger partial charge in [-0.1, -0.05) is 18.2 Å². The normalized spacial score (nSPS) is 20.2. The third-order valence-corrected chi connectivity index (χ3v) is 3.16. The molecule has 0 bridgehead atoms. The smallest absolute Gasteiger partial charge is 0.0940 e. The number of fused-ring (bicyclic) bond motifs is 1. The van der Waals surface area contributed by atoms with Gasteiger partial charge in [0.25, 0.3) is 0 Å². The van der Waals surface area contributed by atoms with E-state index in [9.17, 15) is 0 Å². The van der Waals surface area contributed by atoms with Crippen LogP contribution in [0.1, 0.15) is 23.1 Å². The lowest BCUT2D eigenvalue weighted by molar-refractivity contribution is 0.575. The van der Waals surface area contributed by atoms with E-state index in [4.69, 9.17) is 11.1 Å². The van der Waals surface area contributed by atoms with E-state index >= 15 is 0 Å². The van der Waals surface area contributed by atoms with Crippen LogP contribution in [-0.2, 0) is 12.8 Å². The number of hydrogen-bond acceptors (Lipinski definition) is 1. The highest BCUT2D eigenvalue weighted by molar-refractivity contribution is 5.80. The van der Waals surface area contributed by atoms with Crippen LogP contribution in [-0.4, -0.2) is 5.84 Å². The van der Waals surface area contributed by atoms with E-state index in [1.807, 2.05) is 0 Å². The van der Waals surface area contributed by atoms with E-state index in [0.29, 0.717) is 5.84 Å². The molecule has 2 nitrogen and oxygen atoms in total. The highest BCUT2D eigenvalue weighted by Crippen LogP contribution is 2.27. The van der Waals surface area contributed by atoms with Crippen LogP contribution in [0.3, 0.4) is 0 Å². The Hall–Kier alpha value is -1.31. The predicted molar refractivity (Wildman–Crippen MR) is 58.6 cm³/mol. The molecule has 1 aliphatic rings. The number of hydrogen-bond donors (Lipinski definition) is 2. The first-order valence-corrected chi connectivity index (χ1v) is 5.09. The molecule has 1 atom stereocenters. The quantitative estimate of drug-likeness (QED) is 0.514. The second-order valence-electron chi connectivity index (χ2n) is 4.11. The molecule has 1 unspecified atom stereocenters. The van der Waals surface area contributed by atoms with Crippen molar-refractivity contribution < 1.29 is 0 Å². The second-order valence-corrected chi connectivity index (χ2v) is 4.11. The molecule has 0 fully saturated rings. The van der Waals surface area contributed by atoms with Crippen molar-refractivity contribution in [2.75, 3.05) is 0 Å². The average Bonchev–Trinajstić information content (AvgIpc) is 2.18. The molecule has 3 N–H and O–H groups in total. The Bertz CT molecular complexity index is 369. The molecule has 2 heteroatoms. The number of nitrogens with one attached hydrogen (secondary N) is 1. The molecule has 1 aliphatic carbocycles. The lowest BCUT2D eigenvalue weighted by Crippen LogP contribution is -2.28. The van der Waals surface area contributed by atoms with Crippen molar-refractivity contribution in [2.45, 2.75) is 26.2 Å². The van der Waals surface area contributed by atoms with Crippen LogP contribution in [0.25, 0.3) is 0 Å². The molecule has 0 heterocycles. The van der Waals surface area contributed by atoms with Crippen molar-refractivity contribution in [2.24, 2.45) is 11.7 Å². The number of rotatable bonds is 1. The first-order valence-electron chi connectivity index (χ1n) is 5.09. The van der Waals surface area contributed by atoms with Gasteiger partial charge in [0.05, 0.1) is 5.84 Å². The zero-order valence-corrected chi connectivity index (χ0v) is 8.51. The Morgan fingerprint density at radius 3 is 3.00 bits per heavy atom. The topological polar surface area (TPSA) is 49.9 Å². The molecule has 1 aromatic rings. The molecule has 0 saturated heterocycles. The summed E-state index contributed by atoms with van der Waals surface area (Å²) in [5.74, 6) is 0.613. The molecule has 2 rings (SSSR count). The molecule has 1 aromatic carbocycles. The summed E-state index contributed by atoms with van der Waals surface area (Å²) in [6, 6.07) is 6.45. The van der Waals surface area contributed by atoms with E-state index < -0.39 is 0 Å². The van der Waals surface area contributed by atoms with Gasteiger partial charge < -0.3 is 5.73 Å². The number of aryl methyl sites for hydroxylation is 2. The van der Waals surface area contributed by atoms with Gasteiger partial charge in [0.2, 0.25) is 0 Å². The summed E-state index contributed by atoms with van der Waals surface area (Å²) < 4.78 is 0. The molecule has 0 spiro atoms. The summed E-state index contributed by atoms with van der Waals surface area (Å²) in [5.41, 5.74) is 9.76. The van der Waals surface area contributed by atoms with E-state index in [2.05, 4.69) is 25.1 Å². The number of nitrogens with two attached hydrogens (primary N) is 1. The monoisotopic (exact) mass is 188 g/mol. The van der Waals surface area contributed by atoms with Crippen molar-refractivity contribution >= 4 is 5.84 Å². The van der Waals surface area contributed by atoms with Crippen molar-refractivity contribution in [3.05, 3.63) is 34.9 Å². The van der Waals surface area contributed by atoms with Crippen LogP contribution in [0.5, 0.6) is 0 Å². The van der Waals surface area contributed by atoms with E-state index in [1.54, 1.807) is 0 Å². The average molecular weight is 188 g/mol. The Balaban J connectivity index is 2.33. The molecule has 0 aromatic heterocycles. The summed E-state index contributed by atoms with van der Waals surface area (Å²) in [4.78, 5) is 0. The summed E-state index contributed by atoms with van der Waals surface area (Å²) >= 11 is 0. The van der Waals surface area contributed by atoms with Gasteiger partial charge in [0, 0.05) is 5.92 Å². The minimum atomic E-state index is 0.267. The Labute approximate surface area is 84.6 Å². The zero-order chi connectivity index (χ0) is 10.1. The summed E-state index contributed by atoms with van der Waals surface area (Å²) in [5, 5.41) is 7.48. The summed E-state index contributed by atoms with van der Waals surface area (Å²) in [6.45, 7) is 2.14. The van der Waals surface area contributed by atoms with Crippen LogP contribution >= 0.6 is 0 Å². The Kier molecular flexibility index (Phi) is 2.28. The fourth-order valence-electron chi connectivity index (χ4n) is 2.23. The van der Waals surface area contributed by atoms with Gasteiger partial charge >= 0.3 is 0 Å². The minimum absolute atomic E-state index is 0.267. The van der Waals surface area contributed by atoms with E-state index in [-0.39, 0.29) is 5.92 Å². The summed E-state index contributed by atoms with van der Waals surface area (Å²) in [6.07, 6.45) is 3.06. The Morgan fingerprint density at radius 2 is 2.29 bits per heavy atom. The van der Waals surface area contributed by atoms with Crippen molar-refractivity contribution in [1.82, 2.24) is 0 Å². The summed E-state index contributed by atoms with van der Waals surface area (Å²) in [7, 11) is 0. The van der Waals surface area contributed by atoms with E-state index in [0.717, 1.165) is 19.3 Å². The third-order valence-electron chi connectivity index (χ3n) is 3.16. The first-order chi connectivity index (χ1) is 6.68. The lowest BCUT2D eigenvalue weighted by atomic mass is 9.81. The van der Waals surface area contributed by atoms with Gasteiger partial charge in [0.15, 0.2) is 0 Å². The SMILES string of the molecule is Cc1cccc2c1CC(C(=N)N)CC2. The second kappa shape index (κ2) is 3.45. The van der Waals surface area contributed by atoms with Crippen LogP contribution in [0.4, 0.5) is 0 Å². The van der Waals surface area contributed by atoms with Gasteiger partial charge in [-0.3, -0.25) is 5.41 Å². The predicted octanol–water partition coefficient (Wildman–Crippen LogP) is 2.04. The standard InChI is InChI=1S/C12H16N2/c1-8-3-2-4-9-5-6-10(12(13)14)7-11(8)9/h2-4,10H,5-7H2,1H3,(H3,13,14). The highest BCUT2D eigenvalue weighted by Gasteiger charge is 2.21. The molecule has 0 amide bonds. The lowest BCUT2D eigenvalue weighted by Gasteiger charge is -2.24. The van der Waals surface area contributed by atoms with Gasteiger partial charge in [-0.25, -0.2) is 0 Å². The van der Waals surface area contributed by atoms with E-state index in [1.165, 1.54) is 16.7 Å². The van der Waals surface area contributed by atoms with Gasteiger partial charge in [-0.15, -0.1) is 0 Å². The molecular weight excluding hydrogens is 172 g/mol. The van der Waals surface area contributed by atoms with Crippen LogP contribution in [0, 0.1) is 18.3 Å². The molecule has 0 aliphatic heterocycles. The molecule has 14 heavy (non-hydrogen) atoms. The maximum atomic E-state index is 7.48. The maximum Gasteiger partial charge on any atom is 0.0940 e. The number of benzene rings is 1. The van der Waals surface area contributed by atoms with Gasteiger partial charge in [-0.2, -0.15) is 0 Å². The fourth-order valence-corrected chi connectivity index (χ4v) is 2.23. The molecular formula is C12H16N2. The molecule has 0 radical (unpaired) electrons. The Morgan fingerprint density at radius 1 is 1.50 bits per heavy atom. The van der Waals surface area contributed by atoms with Crippen molar-refractivity contribution in [3.63, 3.8) is 0 Å². The van der Waals surface area contributed by atoms with Crippen LogP contribution in [0.2, 0.25) is 0 Å². The fraction of sp³-hybridized carbons (Fsp3) is 0.417. The largest absolute Gasteiger partial charge is 0.387 e. The van der Waals surface area contributed by atoms with Crippen molar-refractivity contribution in [3.8, 4) is 0 Å². The van der Waals surface area contributed by atoms with Crippen LogP contribution in [0.15, 0.2) is 18.2 Å². The highest BCUT2D eigenvalue weighted by atomic mass is 14.7. The number of amidine groups is 1. The molecule has 74 valence electrons. The van der Waals surface area contributed by atoms with Gasteiger partial charge in [-0.05, 0) is 42.9 Å². The van der Waals surface area contributed by atoms with Crippen LogP contribution < -0.4 is 5.73 Å². The first kappa shape index (κ1) is 9.25. The third kappa shape index (κ3) is 1.52. The zero-order valence-electron chi connectivity index (χ0n) is 8.51.